The van der Waals surface area contributed by atoms with Crippen molar-refractivity contribution in [3.05, 3.63) is 86.7 Å². The molecule has 0 radical (unpaired) electrons. The number of hydrogen-bond donors (Lipinski definition) is 1. The van der Waals surface area contributed by atoms with Gasteiger partial charge in [-0.25, -0.2) is 4.68 Å². The summed E-state index contributed by atoms with van der Waals surface area (Å²) in [7, 11) is 0. The summed E-state index contributed by atoms with van der Waals surface area (Å²) in [4.78, 5) is 39.0. The molecule has 0 saturated carbocycles. The summed E-state index contributed by atoms with van der Waals surface area (Å²) >= 11 is 3.33. The fourth-order valence-corrected chi connectivity index (χ4v) is 3.50. The summed E-state index contributed by atoms with van der Waals surface area (Å²) in [6.45, 7) is 0.273. The van der Waals surface area contributed by atoms with Gasteiger partial charge < -0.3 is 10.2 Å². The number of anilines is 2. The molecule has 3 aromatic rings. The second kappa shape index (κ2) is 8.00. The molecule has 0 aliphatic carbocycles. The summed E-state index contributed by atoms with van der Waals surface area (Å²) in [5.74, 6) is -0.699. The largest absolute Gasteiger partial charge is 0.324 e. The number of hydrogen-bond acceptors (Lipinski definition) is 4. The van der Waals surface area contributed by atoms with Gasteiger partial charge in [0.05, 0.1) is 0 Å². The number of amides is 2. The van der Waals surface area contributed by atoms with E-state index in [0.717, 1.165) is 26.8 Å². The molecule has 0 unspecified atom stereocenters. The molecule has 0 bridgehead atoms. The molecular weight excluding hydrogens is 436 g/mol. The van der Waals surface area contributed by atoms with Crippen LogP contribution in [0.25, 0.3) is 0 Å². The maximum absolute atomic E-state index is 12.9. The Bertz CT molecular complexity index is 1140. The Balaban J connectivity index is 1.52. The highest BCUT2D eigenvalue weighted by Gasteiger charge is 2.26. The molecular formula is C21H17BrN4O3. The van der Waals surface area contributed by atoms with Gasteiger partial charge in [-0.15, -0.1) is 0 Å². The number of fused-ring (bicyclic) bond motifs is 1. The number of nitrogens with zero attached hydrogens (tertiary/aromatic N) is 3. The van der Waals surface area contributed by atoms with Gasteiger partial charge in [-0.3, -0.25) is 14.4 Å². The van der Waals surface area contributed by atoms with E-state index in [2.05, 4.69) is 26.3 Å². The maximum Gasteiger partial charge on any atom is 0.278 e. The normalized spacial score (nSPS) is 12.5. The molecule has 2 aromatic carbocycles. The monoisotopic (exact) mass is 452 g/mol. The average molecular weight is 453 g/mol. The topological polar surface area (TPSA) is 84.3 Å². The fraction of sp³-hybridized carbons (Fsp3) is 0.143. The molecule has 1 aliphatic rings. The first-order valence-electron chi connectivity index (χ1n) is 9.04. The van der Waals surface area contributed by atoms with Crippen molar-refractivity contribution in [3.8, 4) is 0 Å². The van der Waals surface area contributed by atoms with Crippen LogP contribution in [0.4, 0.5) is 11.4 Å². The number of benzene rings is 2. The minimum Gasteiger partial charge on any atom is -0.324 e. The van der Waals surface area contributed by atoms with Gasteiger partial charge in [0.25, 0.3) is 11.5 Å². The van der Waals surface area contributed by atoms with Crippen LogP contribution >= 0.6 is 15.9 Å². The summed E-state index contributed by atoms with van der Waals surface area (Å²) in [6.07, 6.45) is 0.775. The molecule has 0 atom stereocenters. The lowest BCUT2D eigenvalue weighted by Crippen LogP contribution is -2.34. The molecule has 0 spiro atoms. The van der Waals surface area contributed by atoms with Crippen LogP contribution in [0.15, 0.2) is 69.9 Å². The fourth-order valence-electron chi connectivity index (χ4n) is 3.23. The van der Waals surface area contributed by atoms with E-state index in [1.54, 1.807) is 29.2 Å². The Hall–Kier alpha value is -3.26. The second-order valence-electron chi connectivity index (χ2n) is 6.61. The van der Waals surface area contributed by atoms with E-state index in [4.69, 9.17) is 0 Å². The molecule has 7 nitrogen and oxygen atoms in total. The molecule has 4 rings (SSSR count). The predicted octanol–water partition coefficient (Wildman–Crippen LogP) is 2.85. The van der Waals surface area contributed by atoms with Crippen LogP contribution in [0.1, 0.15) is 16.1 Å². The quantitative estimate of drug-likeness (QED) is 0.659. The predicted molar refractivity (Wildman–Crippen MR) is 113 cm³/mol. The zero-order valence-corrected chi connectivity index (χ0v) is 16.9. The highest BCUT2D eigenvalue weighted by Crippen LogP contribution is 2.28. The second-order valence-corrected chi connectivity index (χ2v) is 7.52. The molecule has 146 valence electrons. The van der Waals surface area contributed by atoms with E-state index in [-0.39, 0.29) is 18.1 Å². The average Bonchev–Trinajstić information content (AvgIpc) is 3.15. The first-order valence-corrected chi connectivity index (χ1v) is 9.84. The number of para-hydroxylation sites is 1. The van der Waals surface area contributed by atoms with Crippen LogP contribution < -0.4 is 15.8 Å². The minimum atomic E-state index is -0.450. The summed E-state index contributed by atoms with van der Waals surface area (Å²) < 4.78 is 1.90. The number of carbonyl (C=O) groups excluding carboxylic acids is 2. The number of nitrogens with one attached hydrogen (secondary N) is 1. The third-order valence-electron chi connectivity index (χ3n) is 4.64. The first kappa shape index (κ1) is 19.1. The summed E-state index contributed by atoms with van der Waals surface area (Å²) in [6, 6.07) is 17.4. The van der Waals surface area contributed by atoms with Crippen molar-refractivity contribution in [2.24, 2.45) is 0 Å². The van der Waals surface area contributed by atoms with Crippen LogP contribution in [0.3, 0.4) is 0 Å². The summed E-state index contributed by atoms with van der Waals surface area (Å²) in [5, 5.41) is 6.84. The standard InChI is InChI=1S/C21H17BrN4O3/c22-15-5-7-16(8-6-15)23-19(27)13-26-20(28)10-9-17(24-26)21(29)25-12-11-14-3-1-2-4-18(14)25/h1-10H,11-13H2,(H,23,27). The Morgan fingerprint density at radius 1 is 1.03 bits per heavy atom. The van der Waals surface area contributed by atoms with Crippen molar-refractivity contribution in [2.45, 2.75) is 13.0 Å². The third kappa shape index (κ3) is 4.12. The SMILES string of the molecule is O=C(Cn1nc(C(=O)N2CCc3ccccc32)ccc1=O)Nc1ccc(Br)cc1. The number of aromatic nitrogens is 2. The third-order valence-corrected chi connectivity index (χ3v) is 5.17. The molecule has 2 amide bonds. The van der Waals surface area contributed by atoms with Crippen molar-refractivity contribution >= 4 is 39.1 Å². The van der Waals surface area contributed by atoms with Gasteiger partial charge in [0, 0.05) is 28.5 Å². The van der Waals surface area contributed by atoms with Crippen LogP contribution in [0.2, 0.25) is 0 Å². The Morgan fingerprint density at radius 2 is 1.79 bits per heavy atom. The lowest BCUT2D eigenvalue weighted by Gasteiger charge is -2.17. The molecule has 8 heteroatoms. The van der Waals surface area contributed by atoms with Crippen molar-refractivity contribution in [1.29, 1.82) is 0 Å². The molecule has 2 heterocycles. The van der Waals surface area contributed by atoms with Gasteiger partial charge in [0.15, 0.2) is 0 Å². The highest BCUT2D eigenvalue weighted by molar-refractivity contribution is 9.10. The molecule has 1 aliphatic heterocycles. The van der Waals surface area contributed by atoms with Crippen molar-refractivity contribution in [1.82, 2.24) is 9.78 Å². The molecule has 1 aromatic heterocycles. The lowest BCUT2D eigenvalue weighted by atomic mass is 10.2. The van der Waals surface area contributed by atoms with Gasteiger partial charge in [-0.05, 0) is 48.4 Å². The van der Waals surface area contributed by atoms with Crippen LogP contribution in [-0.4, -0.2) is 28.1 Å². The maximum atomic E-state index is 12.9. The molecule has 1 N–H and O–H groups in total. The van der Waals surface area contributed by atoms with Gasteiger partial charge in [-0.2, -0.15) is 5.10 Å². The highest BCUT2D eigenvalue weighted by atomic mass is 79.9. The van der Waals surface area contributed by atoms with Crippen molar-refractivity contribution in [2.75, 3.05) is 16.8 Å². The van der Waals surface area contributed by atoms with Crippen LogP contribution in [0, 0.1) is 0 Å². The van der Waals surface area contributed by atoms with E-state index < -0.39 is 11.5 Å². The molecule has 0 fully saturated rings. The molecule has 29 heavy (non-hydrogen) atoms. The Labute approximate surface area is 175 Å². The van der Waals surface area contributed by atoms with E-state index in [0.29, 0.717) is 12.2 Å². The number of rotatable bonds is 4. The first-order chi connectivity index (χ1) is 14.0. The summed E-state index contributed by atoms with van der Waals surface area (Å²) in [5.41, 5.74) is 2.23. The number of carbonyl (C=O) groups is 2. The van der Waals surface area contributed by atoms with E-state index >= 15 is 0 Å². The lowest BCUT2D eigenvalue weighted by molar-refractivity contribution is -0.117. The van der Waals surface area contributed by atoms with Gasteiger partial charge >= 0.3 is 0 Å². The zero-order valence-electron chi connectivity index (χ0n) is 15.3. The molecule has 0 saturated heterocycles. The minimum absolute atomic E-state index is 0.123. The van der Waals surface area contributed by atoms with Crippen LogP contribution in [-0.2, 0) is 17.8 Å². The van der Waals surface area contributed by atoms with E-state index in [1.807, 2.05) is 24.3 Å². The van der Waals surface area contributed by atoms with Crippen LogP contribution in [0.5, 0.6) is 0 Å². The van der Waals surface area contributed by atoms with Gasteiger partial charge in [0.1, 0.15) is 12.2 Å². The zero-order chi connectivity index (χ0) is 20.4. The van der Waals surface area contributed by atoms with Crippen molar-refractivity contribution < 1.29 is 9.59 Å². The van der Waals surface area contributed by atoms with Crippen molar-refractivity contribution in [3.63, 3.8) is 0 Å². The Morgan fingerprint density at radius 3 is 2.59 bits per heavy atom. The Kier molecular flexibility index (Phi) is 5.26. The van der Waals surface area contributed by atoms with E-state index in [9.17, 15) is 14.4 Å². The smallest absolute Gasteiger partial charge is 0.278 e. The van der Waals surface area contributed by atoms with Gasteiger partial charge in [0.2, 0.25) is 5.91 Å². The van der Waals surface area contributed by atoms with Gasteiger partial charge in [-0.1, -0.05) is 34.1 Å². The number of halogens is 1. The van der Waals surface area contributed by atoms with E-state index in [1.165, 1.54) is 12.1 Å².